The monoisotopic (exact) mass is 317 g/mol. The Morgan fingerprint density at radius 1 is 1.22 bits per heavy atom. The number of aliphatic hydroxyl groups excluding tert-OH is 1. The first-order chi connectivity index (χ1) is 10.6. The molecule has 2 fully saturated rings. The number of esters is 1. The molecule has 3 atom stereocenters. The van der Waals surface area contributed by atoms with Gasteiger partial charge in [-0.2, -0.15) is 0 Å². The van der Waals surface area contributed by atoms with Crippen LogP contribution in [0.2, 0.25) is 0 Å². The number of carbonyl (C=O) groups excluding carboxylic acids is 2. The van der Waals surface area contributed by atoms with Crippen molar-refractivity contribution in [2.45, 2.75) is 52.2 Å². The lowest BCUT2D eigenvalue weighted by Gasteiger charge is -2.35. The van der Waals surface area contributed by atoms with Gasteiger partial charge in [-0.3, -0.25) is 9.59 Å². The van der Waals surface area contributed by atoms with Gasteiger partial charge in [-0.15, -0.1) is 0 Å². The van der Waals surface area contributed by atoms with Crippen LogP contribution in [0, 0.1) is 10.8 Å². The second kappa shape index (κ2) is 4.81. The third kappa shape index (κ3) is 1.96. The lowest BCUT2D eigenvalue weighted by Crippen LogP contribution is -2.50. The number of benzene rings is 1. The largest absolute Gasteiger partial charge is 0.448 e. The Morgan fingerprint density at radius 2 is 1.83 bits per heavy atom. The molecule has 0 aromatic heterocycles. The number of anilines is 1. The maximum absolute atomic E-state index is 12.9. The van der Waals surface area contributed by atoms with Crippen LogP contribution in [-0.4, -0.2) is 22.6 Å². The van der Waals surface area contributed by atoms with E-state index < -0.39 is 22.5 Å². The van der Waals surface area contributed by atoms with E-state index in [0.717, 1.165) is 5.56 Å². The molecule has 0 spiro atoms. The Kier molecular flexibility index (Phi) is 3.34. The van der Waals surface area contributed by atoms with Gasteiger partial charge in [0.2, 0.25) is 0 Å². The van der Waals surface area contributed by atoms with Crippen LogP contribution in [0.3, 0.4) is 0 Å². The van der Waals surface area contributed by atoms with Gasteiger partial charge in [0.15, 0.2) is 5.60 Å². The van der Waals surface area contributed by atoms with E-state index in [1.165, 1.54) is 0 Å². The summed E-state index contributed by atoms with van der Waals surface area (Å²) in [6, 6.07) is 7.02. The van der Waals surface area contributed by atoms with Gasteiger partial charge < -0.3 is 15.2 Å². The maximum atomic E-state index is 12.9. The third-order valence-electron chi connectivity index (χ3n) is 6.10. The molecule has 2 aliphatic rings. The van der Waals surface area contributed by atoms with Crippen molar-refractivity contribution < 1.29 is 19.4 Å². The SMILES string of the molecule is C[C@H](O)c1ccc(NC(=O)[C@@]23CC[C@@](C)(C(=O)O2)C3(C)C)cc1. The average molecular weight is 317 g/mol. The van der Waals surface area contributed by atoms with Crippen LogP contribution < -0.4 is 5.32 Å². The molecule has 1 saturated heterocycles. The Balaban J connectivity index is 1.85. The van der Waals surface area contributed by atoms with E-state index in [4.69, 9.17) is 4.74 Å². The molecule has 5 heteroatoms. The topological polar surface area (TPSA) is 75.6 Å². The molecule has 1 amide bonds. The van der Waals surface area contributed by atoms with E-state index in [-0.39, 0.29) is 11.9 Å². The number of hydrogen-bond acceptors (Lipinski definition) is 4. The quantitative estimate of drug-likeness (QED) is 0.841. The summed E-state index contributed by atoms with van der Waals surface area (Å²) in [7, 11) is 0. The van der Waals surface area contributed by atoms with Crippen molar-refractivity contribution in [3.63, 3.8) is 0 Å². The van der Waals surface area contributed by atoms with Crippen molar-refractivity contribution in [3.8, 4) is 0 Å². The second-order valence-electron chi connectivity index (χ2n) is 7.43. The summed E-state index contributed by atoms with van der Waals surface area (Å²) >= 11 is 0. The number of aliphatic hydroxyl groups is 1. The molecule has 23 heavy (non-hydrogen) atoms. The molecule has 3 rings (SSSR count). The Hall–Kier alpha value is -1.88. The first-order valence-corrected chi connectivity index (χ1v) is 7.97. The fraction of sp³-hybridized carbons (Fsp3) is 0.556. The van der Waals surface area contributed by atoms with Gasteiger partial charge in [0.1, 0.15) is 0 Å². The number of hydrogen-bond donors (Lipinski definition) is 2. The number of fused-ring (bicyclic) bond motifs is 2. The molecule has 124 valence electrons. The number of nitrogens with one attached hydrogen (secondary N) is 1. The molecule has 1 aliphatic carbocycles. The number of amides is 1. The molecule has 0 unspecified atom stereocenters. The van der Waals surface area contributed by atoms with Crippen LogP contribution in [0.4, 0.5) is 5.69 Å². The van der Waals surface area contributed by atoms with Gasteiger partial charge in [-0.25, -0.2) is 0 Å². The van der Waals surface area contributed by atoms with E-state index in [9.17, 15) is 14.7 Å². The zero-order valence-corrected chi connectivity index (χ0v) is 14.0. The first kappa shape index (κ1) is 16.0. The molecule has 0 radical (unpaired) electrons. The minimum atomic E-state index is -1.11. The van der Waals surface area contributed by atoms with E-state index >= 15 is 0 Å². The molecule has 1 saturated carbocycles. The fourth-order valence-corrected chi connectivity index (χ4v) is 3.82. The lowest BCUT2D eigenvalue weighted by atomic mass is 9.66. The Labute approximate surface area is 136 Å². The highest BCUT2D eigenvalue weighted by molar-refractivity contribution is 6.03. The predicted molar refractivity (Wildman–Crippen MR) is 85.7 cm³/mol. The van der Waals surface area contributed by atoms with Crippen molar-refractivity contribution >= 4 is 17.6 Å². The standard InChI is InChI=1S/C18H23NO4/c1-11(20)12-5-7-13(8-6-12)19-14(21)18-10-9-17(4,15(22)23-18)16(18,2)3/h5-8,11,20H,9-10H2,1-4H3,(H,19,21)/t11-,17-,18+/m0/s1. The van der Waals surface area contributed by atoms with Crippen LogP contribution >= 0.6 is 0 Å². The van der Waals surface area contributed by atoms with Gasteiger partial charge >= 0.3 is 5.97 Å². The van der Waals surface area contributed by atoms with Gasteiger partial charge in [-0.1, -0.05) is 26.0 Å². The van der Waals surface area contributed by atoms with Gasteiger partial charge in [0.25, 0.3) is 5.91 Å². The zero-order chi connectivity index (χ0) is 17.0. The summed E-state index contributed by atoms with van der Waals surface area (Å²) in [6.45, 7) is 7.43. The molecular formula is C18H23NO4. The normalized spacial score (nSPS) is 32.5. The van der Waals surface area contributed by atoms with E-state index in [0.29, 0.717) is 18.5 Å². The van der Waals surface area contributed by atoms with Crippen LogP contribution in [0.15, 0.2) is 24.3 Å². The van der Waals surface area contributed by atoms with E-state index in [2.05, 4.69) is 5.32 Å². The summed E-state index contributed by atoms with van der Waals surface area (Å²) in [5.74, 6) is -0.560. The molecule has 1 aliphatic heterocycles. The van der Waals surface area contributed by atoms with Crippen molar-refractivity contribution in [3.05, 3.63) is 29.8 Å². The minimum Gasteiger partial charge on any atom is -0.448 e. The summed E-state index contributed by atoms with van der Waals surface area (Å²) in [5.41, 5.74) is -0.869. The Bertz CT molecular complexity index is 664. The number of ether oxygens (including phenoxy) is 1. The minimum absolute atomic E-state index is 0.276. The smallest absolute Gasteiger partial charge is 0.313 e. The molecule has 1 aromatic rings. The first-order valence-electron chi connectivity index (χ1n) is 7.97. The second-order valence-corrected chi connectivity index (χ2v) is 7.43. The van der Waals surface area contributed by atoms with Crippen LogP contribution in [0.1, 0.15) is 52.2 Å². The van der Waals surface area contributed by atoms with Gasteiger partial charge in [-0.05, 0) is 44.4 Å². The lowest BCUT2D eigenvalue weighted by molar-refractivity contribution is -0.165. The molecular weight excluding hydrogens is 294 g/mol. The highest BCUT2D eigenvalue weighted by Gasteiger charge is 2.75. The van der Waals surface area contributed by atoms with Crippen molar-refractivity contribution in [1.82, 2.24) is 0 Å². The highest BCUT2D eigenvalue weighted by Crippen LogP contribution is 2.65. The van der Waals surface area contributed by atoms with Crippen molar-refractivity contribution in [2.24, 2.45) is 10.8 Å². The van der Waals surface area contributed by atoms with E-state index in [1.807, 2.05) is 20.8 Å². The molecule has 1 heterocycles. The molecule has 1 aromatic carbocycles. The van der Waals surface area contributed by atoms with Gasteiger partial charge in [0, 0.05) is 11.1 Å². The summed E-state index contributed by atoms with van der Waals surface area (Å²) in [4.78, 5) is 25.1. The highest BCUT2D eigenvalue weighted by atomic mass is 16.6. The van der Waals surface area contributed by atoms with E-state index in [1.54, 1.807) is 31.2 Å². The molecule has 2 N–H and O–H groups in total. The number of carbonyl (C=O) groups is 2. The Morgan fingerprint density at radius 3 is 2.26 bits per heavy atom. The molecule has 2 bridgehead atoms. The predicted octanol–water partition coefficient (Wildman–Crippen LogP) is 2.80. The fourth-order valence-electron chi connectivity index (χ4n) is 3.82. The third-order valence-corrected chi connectivity index (χ3v) is 6.10. The number of rotatable bonds is 3. The van der Waals surface area contributed by atoms with Crippen molar-refractivity contribution in [2.75, 3.05) is 5.32 Å². The zero-order valence-electron chi connectivity index (χ0n) is 14.0. The van der Waals surface area contributed by atoms with Crippen LogP contribution in [0.25, 0.3) is 0 Å². The molecule has 5 nitrogen and oxygen atoms in total. The summed E-state index contributed by atoms with van der Waals surface area (Å²) in [6.07, 6.45) is 0.649. The summed E-state index contributed by atoms with van der Waals surface area (Å²) in [5, 5.41) is 12.4. The van der Waals surface area contributed by atoms with Crippen LogP contribution in [0.5, 0.6) is 0 Å². The van der Waals surface area contributed by atoms with Crippen molar-refractivity contribution in [1.29, 1.82) is 0 Å². The van der Waals surface area contributed by atoms with Crippen LogP contribution in [-0.2, 0) is 14.3 Å². The summed E-state index contributed by atoms with van der Waals surface area (Å²) < 4.78 is 5.57. The average Bonchev–Trinajstić information content (AvgIpc) is 2.78. The maximum Gasteiger partial charge on any atom is 0.313 e. The van der Waals surface area contributed by atoms with Gasteiger partial charge in [0.05, 0.1) is 11.5 Å².